The number of carbonyl (C=O) groups excluding carboxylic acids is 1. The standard InChI is InChI=1S/C10H14N2O2/c1-4-10(2,3)14-9-11-5-8(7-13)6-12-9/h5-7H,4H2,1-3H3. The zero-order valence-corrected chi connectivity index (χ0v) is 8.65. The molecule has 1 heterocycles. The van der Waals surface area contributed by atoms with Gasteiger partial charge in [0.05, 0.1) is 5.56 Å². The van der Waals surface area contributed by atoms with Crippen LogP contribution >= 0.6 is 0 Å². The molecule has 0 aromatic carbocycles. The normalized spacial score (nSPS) is 11.1. The maximum absolute atomic E-state index is 10.3. The summed E-state index contributed by atoms with van der Waals surface area (Å²) in [5.74, 6) is 0. The number of nitrogens with zero attached hydrogens (tertiary/aromatic N) is 2. The lowest BCUT2D eigenvalue weighted by atomic mass is 10.1. The molecule has 0 aliphatic heterocycles. The minimum atomic E-state index is -0.275. The van der Waals surface area contributed by atoms with E-state index in [1.807, 2.05) is 20.8 Å². The predicted octanol–water partition coefficient (Wildman–Crippen LogP) is 1.86. The molecule has 0 saturated carbocycles. The number of rotatable bonds is 4. The van der Waals surface area contributed by atoms with Crippen molar-refractivity contribution in [2.24, 2.45) is 0 Å². The van der Waals surface area contributed by atoms with Crippen LogP contribution in [-0.2, 0) is 0 Å². The largest absolute Gasteiger partial charge is 0.457 e. The Hall–Kier alpha value is -1.45. The Morgan fingerprint density at radius 3 is 2.43 bits per heavy atom. The summed E-state index contributed by atoms with van der Waals surface area (Å²) in [6.07, 6.45) is 4.46. The van der Waals surface area contributed by atoms with Crippen LogP contribution < -0.4 is 4.74 Å². The quantitative estimate of drug-likeness (QED) is 0.686. The van der Waals surface area contributed by atoms with Gasteiger partial charge in [-0.2, -0.15) is 0 Å². The Morgan fingerprint density at radius 2 is 2.00 bits per heavy atom. The van der Waals surface area contributed by atoms with Gasteiger partial charge < -0.3 is 4.74 Å². The van der Waals surface area contributed by atoms with Crippen molar-refractivity contribution in [3.05, 3.63) is 18.0 Å². The molecule has 0 aliphatic rings. The smallest absolute Gasteiger partial charge is 0.316 e. The maximum Gasteiger partial charge on any atom is 0.316 e. The van der Waals surface area contributed by atoms with E-state index < -0.39 is 0 Å². The van der Waals surface area contributed by atoms with E-state index in [-0.39, 0.29) is 5.60 Å². The van der Waals surface area contributed by atoms with Gasteiger partial charge in [-0.1, -0.05) is 6.92 Å². The Kier molecular flexibility index (Phi) is 3.17. The molecule has 1 aromatic rings. The van der Waals surface area contributed by atoms with Gasteiger partial charge in [-0.3, -0.25) is 4.79 Å². The summed E-state index contributed by atoms with van der Waals surface area (Å²) in [4.78, 5) is 18.2. The van der Waals surface area contributed by atoms with Crippen molar-refractivity contribution in [3.8, 4) is 6.01 Å². The van der Waals surface area contributed by atoms with Crippen LogP contribution in [0.15, 0.2) is 12.4 Å². The summed E-state index contributed by atoms with van der Waals surface area (Å²) in [6.45, 7) is 5.95. The van der Waals surface area contributed by atoms with Crippen molar-refractivity contribution in [1.82, 2.24) is 9.97 Å². The van der Waals surface area contributed by atoms with Gasteiger partial charge in [0.2, 0.25) is 0 Å². The first-order valence-electron chi connectivity index (χ1n) is 4.53. The molecule has 1 rings (SSSR count). The third-order valence-electron chi connectivity index (χ3n) is 2.00. The number of ether oxygens (including phenoxy) is 1. The Balaban J connectivity index is 2.73. The molecule has 0 fully saturated rings. The van der Waals surface area contributed by atoms with E-state index in [2.05, 4.69) is 9.97 Å². The Bertz CT molecular complexity index is 306. The van der Waals surface area contributed by atoms with Crippen LogP contribution in [-0.4, -0.2) is 21.9 Å². The molecule has 4 nitrogen and oxygen atoms in total. The summed E-state index contributed by atoms with van der Waals surface area (Å²) in [7, 11) is 0. The summed E-state index contributed by atoms with van der Waals surface area (Å²) in [5, 5.41) is 0. The van der Waals surface area contributed by atoms with Crippen LogP contribution in [0.3, 0.4) is 0 Å². The highest BCUT2D eigenvalue weighted by molar-refractivity contribution is 5.73. The molecule has 0 unspecified atom stereocenters. The lowest BCUT2D eigenvalue weighted by Crippen LogP contribution is -2.27. The number of aldehydes is 1. The topological polar surface area (TPSA) is 52.1 Å². The van der Waals surface area contributed by atoms with Crippen LogP contribution in [0.4, 0.5) is 0 Å². The highest BCUT2D eigenvalue weighted by Crippen LogP contribution is 2.15. The van der Waals surface area contributed by atoms with Gasteiger partial charge in [0.1, 0.15) is 5.60 Å². The van der Waals surface area contributed by atoms with Gasteiger partial charge in [0, 0.05) is 12.4 Å². The van der Waals surface area contributed by atoms with Crippen LogP contribution in [0.1, 0.15) is 37.6 Å². The average Bonchev–Trinajstić information content (AvgIpc) is 2.19. The van der Waals surface area contributed by atoms with E-state index in [0.717, 1.165) is 6.42 Å². The molecule has 0 aliphatic carbocycles. The van der Waals surface area contributed by atoms with Gasteiger partial charge in [-0.05, 0) is 20.3 Å². The third-order valence-corrected chi connectivity index (χ3v) is 2.00. The summed E-state index contributed by atoms with van der Waals surface area (Å²) < 4.78 is 5.51. The lowest BCUT2D eigenvalue weighted by Gasteiger charge is -2.22. The summed E-state index contributed by atoms with van der Waals surface area (Å²) >= 11 is 0. The van der Waals surface area contributed by atoms with Gasteiger partial charge in [-0.25, -0.2) is 9.97 Å². The van der Waals surface area contributed by atoms with E-state index in [9.17, 15) is 4.79 Å². The van der Waals surface area contributed by atoms with Crippen molar-refractivity contribution in [2.45, 2.75) is 32.8 Å². The maximum atomic E-state index is 10.3. The second-order valence-electron chi connectivity index (χ2n) is 3.63. The zero-order chi connectivity index (χ0) is 10.6. The van der Waals surface area contributed by atoms with Gasteiger partial charge in [0.25, 0.3) is 0 Å². The first-order chi connectivity index (χ1) is 6.57. The molecule has 0 saturated heterocycles. The van der Waals surface area contributed by atoms with Crippen molar-refractivity contribution in [3.63, 3.8) is 0 Å². The van der Waals surface area contributed by atoms with Gasteiger partial charge in [0.15, 0.2) is 6.29 Å². The molecular weight excluding hydrogens is 180 g/mol. The number of carbonyl (C=O) groups is 1. The molecule has 0 N–H and O–H groups in total. The molecular formula is C10H14N2O2. The van der Waals surface area contributed by atoms with E-state index in [1.165, 1.54) is 12.4 Å². The van der Waals surface area contributed by atoms with Crippen molar-refractivity contribution < 1.29 is 9.53 Å². The minimum absolute atomic E-state index is 0.275. The summed E-state index contributed by atoms with van der Waals surface area (Å²) in [6, 6.07) is 0.308. The van der Waals surface area contributed by atoms with E-state index in [0.29, 0.717) is 17.9 Å². The van der Waals surface area contributed by atoms with E-state index in [1.54, 1.807) is 0 Å². The first kappa shape index (κ1) is 10.6. The Morgan fingerprint density at radius 1 is 1.43 bits per heavy atom. The SMILES string of the molecule is CCC(C)(C)Oc1ncc(C=O)cn1. The molecule has 4 heteroatoms. The number of hydrogen-bond donors (Lipinski definition) is 0. The fourth-order valence-corrected chi connectivity index (χ4v) is 0.759. The molecule has 0 spiro atoms. The zero-order valence-electron chi connectivity index (χ0n) is 8.65. The highest BCUT2D eigenvalue weighted by Gasteiger charge is 2.17. The van der Waals surface area contributed by atoms with Crippen molar-refractivity contribution in [1.29, 1.82) is 0 Å². The molecule has 0 amide bonds. The molecule has 76 valence electrons. The Labute approximate surface area is 83.3 Å². The fraction of sp³-hybridized carbons (Fsp3) is 0.500. The lowest BCUT2D eigenvalue weighted by molar-refractivity contribution is 0.0923. The van der Waals surface area contributed by atoms with Gasteiger partial charge >= 0.3 is 6.01 Å². The molecule has 0 radical (unpaired) electrons. The monoisotopic (exact) mass is 194 g/mol. The van der Waals surface area contributed by atoms with Gasteiger partial charge in [-0.15, -0.1) is 0 Å². The first-order valence-corrected chi connectivity index (χ1v) is 4.53. The second-order valence-corrected chi connectivity index (χ2v) is 3.63. The molecule has 1 aromatic heterocycles. The molecule has 0 atom stereocenters. The van der Waals surface area contributed by atoms with E-state index >= 15 is 0 Å². The number of aromatic nitrogens is 2. The van der Waals surface area contributed by atoms with Crippen LogP contribution in [0, 0.1) is 0 Å². The van der Waals surface area contributed by atoms with Crippen LogP contribution in [0.5, 0.6) is 6.01 Å². The third kappa shape index (κ3) is 2.80. The summed E-state index contributed by atoms with van der Waals surface area (Å²) in [5.41, 5.74) is 0.176. The fourth-order valence-electron chi connectivity index (χ4n) is 0.759. The predicted molar refractivity (Wildman–Crippen MR) is 52.4 cm³/mol. The van der Waals surface area contributed by atoms with Crippen LogP contribution in [0.2, 0.25) is 0 Å². The van der Waals surface area contributed by atoms with Crippen molar-refractivity contribution >= 4 is 6.29 Å². The highest BCUT2D eigenvalue weighted by atomic mass is 16.5. The minimum Gasteiger partial charge on any atom is -0.457 e. The van der Waals surface area contributed by atoms with Crippen molar-refractivity contribution in [2.75, 3.05) is 0 Å². The van der Waals surface area contributed by atoms with E-state index in [4.69, 9.17) is 4.74 Å². The van der Waals surface area contributed by atoms with Crippen LogP contribution in [0.25, 0.3) is 0 Å². The second kappa shape index (κ2) is 4.17. The average molecular weight is 194 g/mol. The number of hydrogen-bond acceptors (Lipinski definition) is 4. The molecule has 0 bridgehead atoms. The molecule has 14 heavy (non-hydrogen) atoms.